The first-order chi connectivity index (χ1) is 16.0. The van der Waals surface area contributed by atoms with Crippen LogP contribution in [-0.2, 0) is 22.6 Å². The molecule has 2 aromatic carbocycles. The van der Waals surface area contributed by atoms with Crippen LogP contribution in [0.3, 0.4) is 0 Å². The Balaban J connectivity index is 1.43. The summed E-state index contributed by atoms with van der Waals surface area (Å²) in [5.74, 6) is -0.628. The van der Waals surface area contributed by atoms with Crippen LogP contribution in [0, 0.1) is 0 Å². The van der Waals surface area contributed by atoms with Crippen molar-refractivity contribution in [1.29, 1.82) is 0 Å². The third-order valence-corrected chi connectivity index (χ3v) is 6.65. The van der Waals surface area contributed by atoms with Gasteiger partial charge in [0.25, 0.3) is 5.91 Å². The van der Waals surface area contributed by atoms with Gasteiger partial charge in [0.05, 0.1) is 6.34 Å². The molecule has 0 spiro atoms. The number of nitrogens with zero attached hydrogens (tertiary/aromatic N) is 5. The second kappa shape index (κ2) is 8.35. The molecule has 3 aliphatic heterocycles. The second-order valence-electron chi connectivity index (χ2n) is 8.72. The Hall–Kier alpha value is -3.68. The number of aliphatic imine (C=N–C) groups is 1. The SMILES string of the molecule is CCN1C=NC2C1C(=O)N(CC(=O)N1c3ccccc3CC1C)C(=O)N2Cc1ccccc1. The maximum atomic E-state index is 13.5. The van der Waals surface area contributed by atoms with Crippen LogP contribution in [0.4, 0.5) is 10.5 Å². The summed E-state index contributed by atoms with van der Waals surface area (Å²) in [7, 11) is 0. The topological polar surface area (TPSA) is 76.5 Å². The van der Waals surface area contributed by atoms with Crippen LogP contribution in [-0.4, -0.2) is 70.2 Å². The minimum Gasteiger partial charge on any atom is -0.348 e. The molecular formula is C25H27N5O3. The minimum atomic E-state index is -0.618. The van der Waals surface area contributed by atoms with Gasteiger partial charge in [-0.1, -0.05) is 48.5 Å². The third-order valence-electron chi connectivity index (χ3n) is 6.65. The van der Waals surface area contributed by atoms with E-state index in [1.54, 1.807) is 16.1 Å². The van der Waals surface area contributed by atoms with Gasteiger partial charge in [0.2, 0.25) is 5.91 Å². The van der Waals surface area contributed by atoms with Crippen LogP contribution in [0.25, 0.3) is 0 Å². The van der Waals surface area contributed by atoms with E-state index >= 15 is 0 Å². The molecule has 0 saturated carbocycles. The molecule has 3 unspecified atom stereocenters. The normalized spacial score (nSPS) is 23.9. The van der Waals surface area contributed by atoms with Gasteiger partial charge in [-0.05, 0) is 37.5 Å². The van der Waals surface area contributed by atoms with E-state index in [-0.39, 0.29) is 24.4 Å². The number of urea groups is 1. The first-order valence-corrected chi connectivity index (χ1v) is 11.3. The molecule has 0 aliphatic carbocycles. The highest BCUT2D eigenvalue weighted by Gasteiger charge is 2.51. The molecule has 33 heavy (non-hydrogen) atoms. The number of fused-ring (bicyclic) bond motifs is 2. The van der Waals surface area contributed by atoms with Crippen molar-refractivity contribution in [2.24, 2.45) is 4.99 Å². The predicted octanol–water partition coefficient (Wildman–Crippen LogP) is 2.49. The lowest BCUT2D eigenvalue weighted by atomic mass is 10.1. The number of para-hydroxylation sites is 1. The number of imide groups is 1. The van der Waals surface area contributed by atoms with Crippen molar-refractivity contribution >= 4 is 29.9 Å². The number of likely N-dealkylation sites (N-methyl/N-ethyl adjacent to an activating group) is 1. The van der Waals surface area contributed by atoms with Gasteiger partial charge in [0, 0.05) is 24.8 Å². The number of hydrogen-bond acceptors (Lipinski definition) is 5. The van der Waals surface area contributed by atoms with Crippen LogP contribution in [0.5, 0.6) is 0 Å². The van der Waals surface area contributed by atoms with E-state index in [0.717, 1.165) is 28.1 Å². The zero-order valence-electron chi connectivity index (χ0n) is 18.8. The van der Waals surface area contributed by atoms with Gasteiger partial charge in [0.15, 0.2) is 12.2 Å². The Kier molecular flexibility index (Phi) is 5.36. The summed E-state index contributed by atoms with van der Waals surface area (Å²) in [6.45, 7) is 4.54. The van der Waals surface area contributed by atoms with Gasteiger partial charge >= 0.3 is 6.03 Å². The first kappa shape index (κ1) is 21.2. The summed E-state index contributed by atoms with van der Waals surface area (Å²) in [4.78, 5) is 51.1. The van der Waals surface area contributed by atoms with E-state index in [0.29, 0.717) is 13.1 Å². The molecule has 1 fully saturated rings. The maximum Gasteiger partial charge on any atom is 0.329 e. The molecular weight excluding hydrogens is 418 g/mol. The lowest BCUT2D eigenvalue weighted by Gasteiger charge is -2.42. The Morgan fingerprint density at radius 2 is 1.79 bits per heavy atom. The Bertz CT molecular complexity index is 1120. The summed E-state index contributed by atoms with van der Waals surface area (Å²) in [5.41, 5.74) is 2.89. The van der Waals surface area contributed by atoms with Crippen molar-refractivity contribution in [3.05, 3.63) is 65.7 Å². The largest absolute Gasteiger partial charge is 0.348 e. The van der Waals surface area contributed by atoms with E-state index < -0.39 is 18.2 Å². The fourth-order valence-electron chi connectivity index (χ4n) is 5.04. The Morgan fingerprint density at radius 1 is 1.06 bits per heavy atom. The van der Waals surface area contributed by atoms with Crippen molar-refractivity contribution in [2.45, 2.75) is 45.1 Å². The van der Waals surface area contributed by atoms with Gasteiger partial charge in [-0.3, -0.25) is 19.4 Å². The van der Waals surface area contributed by atoms with E-state index in [2.05, 4.69) is 4.99 Å². The molecule has 0 N–H and O–H groups in total. The number of benzene rings is 2. The number of carbonyl (C=O) groups is 3. The number of rotatable bonds is 5. The predicted molar refractivity (Wildman–Crippen MR) is 125 cm³/mol. The standard InChI is InChI=1S/C25H27N5O3/c1-3-27-16-26-23-22(27)24(32)29(25(33)28(23)14-18-9-5-4-6-10-18)15-21(31)30-17(2)13-19-11-7-8-12-20(19)30/h4-12,16-17,22-23H,3,13-15H2,1-2H3. The fraction of sp³-hybridized carbons (Fsp3) is 0.360. The Labute approximate surface area is 193 Å². The van der Waals surface area contributed by atoms with Crippen molar-refractivity contribution < 1.29 is 14.4 Å². The average molecular weight is 446 g/mol. The summed E-state index contributed by atoms with van der Waals surface area (Å²) in [5, 5.41) is 0. The summed E-state index contributed by atoms with van der Waals surface area (Å²) in [6.07, 6.45) is 1.80. The molecule has 3 atom stereocenters. The third kappa shape index (κ3) is 3.55. The second-order valence-corrected chi connectivity index (χ2v) is 8.72. The van der Waals surface area contributed by atoms with Crippen molar-refractivity contribution in [3.8, 4) is 0 Å². The quantitative estimate of drug-likeness (QED) is 0.709. The van der Waals surface area contributed by atoms with Gasteiger partial charge in [-0.25, -0.2) is 9.79 Å². The highest BCUT2D eigenvalue weighted by atomic mass is 16.2. The molecule has 3 heterocycles. The molecule has 8 heteroatoms. The van der Waals surface area contributed by atoms with Crippen LogP contribution in [0.15, 0.2) is 59.6 Å². The van der Waals surface area contributed by atoms with Crippen LogP contribution in [0.2, 0.25) is 0 Å². The van der Waals surface area contributed by atoms with Gasteiger partial charge in [0.1, 0.15) is 6.54 Å². The van der Waals surface area contributed by atoms with E-state index in [9.17, 15) is 14.4 Å². The van der Waals surface area contributed by atoms with Crippen LogP contribution < -0.4 is 4.90 Å². The molecule has 170 valence electrons. The molecule has 8 nitrogen and oxygen atoms in total. The van der Waals surface area contributed by atoms with E-state index in [1.807, 2.05) is 73.3 Å². The van der Waals surface area contributed by atoms with Crippen molar-refractivity contribution in [1.82, 2.24) is 14.7 Å². The lowest BCUT2D eigenvalue weighted by Crippen LogP contribution is -2.66. The molecule has 1 saturated heterocycles. The average Bonchev–Trinajstić information content (AvgIpc) is 3.40. The Morgan fingerprint density at radius 3 is 2.55 bits per heavy atom. The fourth-order valence-corrected chi connectivity index (χ4v) is 5.04. The minimum absolute atomic E-state index is 0.0278. The van der Waals surface area contributed by atoms with E-state index in [4.69, 9.17) is 0 Å². The highest BCUT2D eigenvalue weighted by molar-refractivity contribution is 6.07. The number of carbonyl (C=O) groups excluding carboxylic acids is 3. The highest BCUT2D eigenvalue weighted by Crippen LogP contribution is 2.33. The van der Waals surface area contributed by atoms with E-state index in [1.165, 1.54) is 0 Å². The molecule has 0 radical (unpaired) electrons. The smallest absolute Gasteiger partial charge is 0.329 e. The van der Waals surface area contributed by atoms with Crippen LogP contribution >= 0.6 is 0 Å². The molecule has 3 aliphatic rings. The monoisotopic (exact) mass is 445 g/mol. The maximum absolute atomic E-state index is 13.5. The zero-order valence-corrected chi connectivity index (χ0v) is 18.8. The zero-order chi connectivity index (χ0) is 23.1. The summed E-state index contributed by atoms with van der Waals surface area (Å²) < 4.78 is 0. The van der Waals surface area contributed by atoms with Gasteiger partial charge in [-0.15, -0.1) is 0 Å². The molecule has 0 bridgehead atoms. The first-order valence-electron chi connectivity index (χ1n) is 11.3. The molecule has 5 rings (SSSR count). The molecule has 2 aromatic rings. The molecule has 0 aromatic heterocycles. The number of hydrogen-bond donors (Lipinski definition) is 0. The van der Waals surface area contributed by atoms with Crippen LogP contribution in [0.1, 0.15) is 25.0 Å². The van der Waals surface area contributed by atoms with Gasteiger partial charge < -0.3 is 9.80 Å². The molecule has 4 amide bonds. The van der Waals surface area contributed by atoms with Crippen molar-refractivity contribution in [2.75, 3.05) is 18.0 Å². The lowest BCUT2D eigenvalue weighted by molar-refractivity contribution is -0.140. The summed E-state index contributed by atoms with van der Waals surface area (Å²) in [6, 6.07) is 16.3. The van der Waals surface area contributed by atoms with Crippen molar-refractivity contribution in [3.63, 3.8) is 0 Å². The van der Waals surface area contributed by atoms with Gasteiger partial charge in [-0.2, -0.15) is 0 Å². The number of anilines is 1. The number of amides is 4. The summed E-state index contributed by atoms with van der Waals surface area (Å²) >= 11 is 0.